The molecular formula is C18H16ClFN6S. The molecule has 9 heteroatoms. The first-order chi connectivity index (χ1) is 17.0. The Bertz CT molecular complexity index is 1430. The van der Waals surface area contributed by atoms with E-state index in [0.29, 0.717) is 0 Å². The van der Waals surface area contributed by atoms with Crippen LogP contribution in [-0.4, -0.2) is 39.0 Å². The van der Waals surface area contributed by atoms with Crippen molar-refractivity contribution in [3.8, 4) is 6.07 Å². The molecule has 1 aromatic carbocycles. The minimum absolute atomic E-state index is 0.0255. The summed E-state index contributed by atoms with van der Waals surface area (Å²) in [5, 5.41) is 9.33. The molecule has 0 unspecified atom stereocenters. The van der Waals surface area contributed by atoms with Gasteiger partial charge in [0.25, 0.3) is 0 Å². The van der Waals surface area contributed by atoms with Crippen molar-refractivity contribution in [1.29, 1.82) is 5.26 Å². The van der Waals surface area contributed by atoms with Gasteiger partial charge in [0.05, 0.1) is 8.30 Å². The van der Waals surface area contributed by atoms with Gasteiger partial charge in [0.1, 0.15) is 30.1 Å². The number of halogens is 2. The summed E-state index contributed by atoms with van der Waals surface area (Å²) in [7, 11) is 0. The summed E-state index contributed by atoms with van der Waals surface area (Å²) in [6, 6.07) is -0.583. The second-order valence-electron chi connectivity index (χ2n) is 5.28. The summed E-state index contributed by atoms with van der Waals surface area (Å²) < 4.78 is 98.5. The number of hydrogen-bond donors (Lipinski definition) is 1. The molecule has 0 bridgehead atoms. The van der Waals surface area contributed by atoms with Crippen LogP contribution in [0.2, 0.25) is 5.88 Å². The quantitative estimate of drug-likeness (QED) is 0.701. The Morgan fingerprint density at radius 1 is 1.59 bits per heavy atom. The molecule has 0 amide bonds. The Kier molecular flexibility index (Phi) is 2.78. The van der Waals surface area contributed by atoms with Gasteiger partial charge in [-0.3, -0.25) is 4.90 Å². The Balaban J connectivity index is 1.79. The molecule has 27 heavy (non-hydrogen) atoms. The van der Waals surface area contributed by atoms with Crippen LogP contribution in [0.4, 0.5) is 10.2 Å². The fourth-order valence-electron chi connectivity index (χ4n) is 2.29. The lowest BCUT2D eigenvalue weighted by molar-refractivity contribution is 0.211. The van der Waals surface area contributed by atoms with Crippen LogP contribution in [0.15, 0.2) is 24.5 Å². The topological polar surface area (TPSA) is 77.7 Å². The second-order valence-corrected chi connectivity index (χ2v) is 6.86. The minimum atomic E-state index is -3.02. The maximum Gasteiger partial charge on any atom is 0.186 e. The van der Waals surface area contributed by atoms with Crippen molar-refractivity contribution in [2.75, 3.05) is 18.4 Å². The van der Waals surface area contributed by atoms with Gasteiger partial charge in [-0.2, -0.15) is 5.26 Å². The first-order valence-electron chi connectivity index (χ1n) is 12.5. The second kappa shape index (κ2) is 7.72. The zero-order valence-electron chi connectivity index (χ0n) is 23.4. The first-order valence-corrected chi connectivity index (χ1v) is 8.71. The lowest BCUT2D eigenvalue weighted by Crippen LogP contribution is -2.38. The lowest BCUT2D eigenvalue weighted by Gasteiger charge is -2.32. The average Bonchev–Trinajstić information content (AvgIpc) is 3.17. The van der Waals surface area contributed by atoms with E-state index in [0.717, 1.165) is 28.4 Å². The molecule has 0 saturated carbocycles. The van der Waals surface area contributed by atoms with Crippen molar-refractivity contribution in [2.45, 2.75) is 25.3 Å². The number of nitrogens with one attached hydrogen (secondary N) is 1. The smallest absolute Gasteiger partial charge is 0.186 e. The average molecular weight is 413 g/mol. The molecule has 0 radical (unpaired) electrons. The van der Waals surface area contributed by atoms with Crippen molar-refractivity contribution < 1.29 is 18.1 Å². The molecule has 1 aliphatic rings. The molecule has 0 spiro atoms. The molecule has 2 aromatic heterocycles. The van der Waals surface area contributed by atoms with Crippen molar-refractivity contribution >= 4 is 39.1 Å². The highest BCUT2D eigenvalue weighted by molar-refractivity contribution is 7.22. The number of hydrogen-bond acceptors (Lipinski definition) is 7. The van der Waals surface area contributed by atoms with Crippen LogP contribution in [-0.2, 0) is 6.50 Å². The molecule has 1 aliphatic heterocycles. The molecule has 6 nitrogen and oxygen atoms in total. The van der Waals surface area contributed by atoms with Crippen LogP contribution < -0.4 is 5.31 Å². The molecule has 0 atom stereocenters. The van der Waals surface area contributed by atoms with Crippen molar-refractivity contribution in [1.82, 2.24) is 19.9 Å². The number of fused-ring (bicyclic) bond motifs is 1. The first kappa shape index (κ1) is 9.73. The number of likely N-dealkylation sites (tertiary alicyclic amines) is 1. The predicted molar refractivity (Wildman–Crippen MR) is 103 cm³/mol. The van der Waals surface area contributed by atoms with E-state index in [1.54, 1.807) is 0 Å². The summed E-state index contributed by atoms with van der Waals surface area (Å²) in [6.07, 6.45) is -6.50. The molecule has 3 heterocycles. The SMILES string of the molecule is [2H]c1nc(N([2H])C2([2H])C([2H])([2H])CN(C([2H])([2H])c3cc([2H])c(F)c(C#N)c3)CC2([2H])[2H])c2sc(Cl)nc2n1. The zero-order chi connectivity index (χ0) is 27.7. The Labute approximate surface area is 178 Å². The standard InChI is InChI=1S/C18H16ClFN6S/c19-18-25-17-15(27-18)16(22-10-23-17)24-13-3-5-26(6-4-13)9-11-1-2-14(20)12(7-11)8-21/h1-2,7,10,13H,3-6,9H2,(H,22,23,24)/i2D,3D2,4D2,9D2,10D,13D/hD. The highest BCUT2D eigenvalue weighted by Gasteiger charge is 2.21. The van der Waals surface area contributed by atoms with E-state index >= 15 is 0 Å². The Morgan fingerprint density at radius 2 is 2.41 bits per heavy atom. The van der Waals surface area contributed by atoms with Crippen LogP contribution in [0.3, 0.4) is 0 Å². The van der Waals surface area contributed by atoms with Gasteiger partial charge in [-0.15, -0.1) is 0 Å². The van der Waals surface area contributed by atoms with Gasteiger partial charge in [-0.25, -0.2) is 19.3 Å². The van der Waals surface area contributed by atoms with E-state index in [2.05, 4.69) is 15.0 Å². The van der Waals surface area contributed by atoms with Gasteiger partial charge in [0.15, 0.2) is 11.5 Å². The van der Waals surface area contributed by atoms with Crippen LogP contribution in [0.25, 0.3) is 10.3 Å². The molecule has 1 saturated heterocycles. The van der Waals surface area contributed by atoms with Crippen molar-refractivity contribution in [3.05, 3.63) is 45.9 Å². The number of nitrogens with zero attached hydrogens (tertiary/aromatic N) is 5. The Morgan fingerprint density at radius 3 is 3.19 bits per heavy atom. The monoisotopic (exact) mass is 412 g/mol. The molecule has 3 aromatic rings. The van der Waals surface area contributed by atoms with Crippen LogP contribution >= 0.6 is 22.9 Å². The highest BCUT2D eigenvalue weighted by Crippen LogP contribution is 2.30. The molecule has 1 fully saturated rings. The number of benzene rings is 1. The van der Waals surface area contributed by atoms with E-state index in [-0.39, 0.29) is 25.7 Å². The van der Waals surface area contributed by atoms with Gasteiger partial charge in [0.2, 0.25) is 0 Å². The largest absolute Gasteiger partial charge is 0.366 e. The lowest BCUT2D eigenvalue weighted by atomic mass is 10.0. The zero-order valence-corrected chi connectivity index (χ0v) is 15.0. The third kappa shape index (κ3) is 4.00. The predicted octanol–water partition coefficient (Wildman–Crippen LogP) is 3.83. The number of thiazole rings is 1. The Hall–Kier alpha value is -2.34. The minimum Gasteiger partial charge on any atom is -0.366 e. The number of piperidine rings is 1. The van der Waals surface area contributed by atoms with Gasteiger partial charge < -0.3 is 5.31 Å². The summed E-state index contributed by atoms with van der Waals surface area (Å²) in [5.41, 5.74) is -1.07. The normalized spacial score (nSPS) is 26.6. The summed E-state index contributed by atoms with van der Waals surface area (Å²) in [4.78, 5) is 12.2. The number of rotatable bonds is 4. The van der Waals surface area contributed by atoms with Crippen molar-refractivity contribution in [2.24, 2.45) is 0 Å². The fraction of sp³-hybridized carbons (Fsp3) is 0.333. The third-order valence-electron chi connectivity index (χ3n) is 3.49. The van der Waals surface area contributed by atoms with E-state index in [4.69, 9.17) is 30.6 Å². The summed E-state index contributed by atoms with van der Waals surface area (Å²) in [6.45, 7) is -4.50. The van der Waals surface area contributed by atoms with E-state index < -0.39 is 67.9 Å². The van der Waals surface area contributed by atoms with E-state index in [1.807, 2.05) is 0 Å². The number of nitriles is 1. The number of aromatic nitrogens is 3. The highest BCUT2D eigenvalue weighted by atomic mass is 35.5. The fourth-order valence-corrected chi connectivity index (χ4v) is 3.26. The van der Waals surface area contributed by atoms with E-state index in [9.17, 15) is 4.39 Å². The van der Waals surface area contributed by atoms with Crippen LogP contribution in [0.5, 0.6) is 0 Å². The molecule has 1 N–H and O–H groups in total. The molecule has 0 aliphatic carbocycles. The molecule has 4 rings (SSSR count). The van der Waals surface area contributed by atoms with Crippen LogP contribution in [0, 0.1) is 17.1 Å². The van der Waals surface area contributed by atoms with Crippen LogP contribution in [0.1, 0.15) is 36.2 Å². The van der Waals surface area contributed by atoms with Gasteiger partial charge in [-0.05, 0) is 30.4 Å². The summed E-state index contributed by atoms with van der Waals surface area (Å²) >= 11 is 6.71. The van der Waals surface area contributed by atoms with Crippen molar-refractivity contribution in [3.63, 3.8) is 0 Å². The summed E-state index contributed by atoms with van der Waals surface area (Å²) in [5.74, 6) is -1.62. The maximum absolute atomic E-state index is 14.0. The third-order valence-corrected chi connectivity index (χ3v) is 4.63. The number of anilines is 1. The van der Waals surface area contributed by atoms with Gasteiger partial charge in [-0.1, -0.05) is 29.0 Å². The maximum atomic E-state index is 14.0. The van der Waals surface area contributed by atoms with E-state index in [1.165, 1.54) is 6.07 Å². The molecule has 138 valence electrons. The van der Waals surface area contributed by atoms with Gasteiger partial charge >= 0.3 is 0 Å². The van der Waals surface area contributed by atoms with Gasteiger partial charge in [0, 0.05) is 33.8 Å². The molecular weight excluding hydrogens is 387 g/mol.